The largest absolute Gasteiger partial charge is 0.559 e. The van der Waals surface area contributed by atoms with E-state index in [1.165, 1.54) is 16.2 Å². The Kier molecular flexibility index (Phi) is 19.5. The highest BCUT2D eigenvalue weighted by Crippen LogP contribution is 2.57. The number of amides is 2. The lowest BCUT2D eigenvalue weighted by Crippen LogP contribution is -2.68. The molecule has 6 unspecified atom stereocenters. The third kappa shape index (κ3) is 13.6. The van der Waals surface area contributed by atoms with Crippen LogP contribution in [-0.4, -0.2) is 160 Å². The maximum Gasteiger partial charge on any atom is 0.559 e. The van der Waals surface area contributed by atoms with E-state index in [0.717, 1.165) is 51.4 Å². The van der Waals surface area contributed by atoms with E-state index < -0.39 is 97.1 Å². The second kappa shape index (κ2) is 24.5. The van der Waals surface area contributed by atoms with E-state index in [-0.39, 0.29) is 50.7 Å². The molecular formula is C39H68N8O15P2+2. The van der Waals surface area contributed by atoms with Crippen LogP contribution in [0.25, 0.3) is 0 Å². The summed E-state index contributed by atoms with van der Waals surface area (Å²) in [5, 5.41) is 9.92. The van der Waals surface area contributed by atoms with E-state index in [0.29, 0.717) is 32.0 Å². The molecule has 0 aromatic rings. The first-order chi connectivity index (χ1) is 30.9. The van der Waals surface area contributed by atoms with Crippen molar-refractivity contribution in [2.45, 2.75) is 159 Å². The third-order valence-corrected chi connectivity index (χ3v) is 14.9. The predicted octanol–water partition coefficient (Wildman–Crippen LogP) is 3.00. The maximum atomic E-state index is 14.8. The number of amidine groups is 1. The quantitative estimate of drug-likeness (QED) is 0.0341. The van der Waals surface area contributed by atoms with Gasteiger partial charge in [-0.2, -0.15) is 9.37 Å². The molecule has 6 aliphatic rings. The van der Waals surface area contributed by atoms with Gasteiger partial charge in [-0.25, -0.2) is 23.1 Å². The molecule has 0 spiro atoms. The van der Waals surface area contributed by atoms with Crippen molar-refractivity contribution < 1.29 is 78.8 Å². The SMILES string of the molecule is C=NC1=[N+](C)C(=O)[N+]([C@@H]2COC3COP(=O)(OCOC(=O)CCCCCCC)O[C@H]4C[C@H](N5CNC6C(N)NCNC65)O[C@@H]4COP(=O)(OCOC(=O)CCCCCCC)O[C@H]32)=CC1. The Hall–Kier alpha value is -2.44. The van der Waals surface area contributed by atoms with Crippen molar-refractivity contribution in [3.05, 3.63) is 0 Å². The Labute approximate surface area is 374 Å². The van der Waals surface area contributed by atoms with Crippen molar-refractivity contribution in [2.24, 2.45) is 10.7 Å². The van der Waals surface area contributed by atoms with Crippen LogP contribution in [0.4, 0.5) is 4.79 Å². The van der Waals surface area contributed by atoms with Gasteiger partial charge in [0.25, 0.3) is 0 Å². The van der Waals surface area contributed by atoms with Crippen molar-refractivity contribution in [1.82, 2.24) is 20.9 Å². The van der Waals surface area contributed by atoms with Crippen LogP contribution in [-0.2, 0) is 64.8 Å². The van der Waals surface area contributed by atoms with Crippen molar-refractivity contribution in [1.29, 1.82) is 0 Å². The van der Waals surface area contributed by atoms with Gasteiger partial charge >= 0.3 is 39.5 Å². The van der Waals surface area contributed by atoms with Gasteiger partial charge in [-0.3, -0.25) is 43.6 Å². The standard InChI is InChI=1S/C39H68N8O15P2/c1-5-7-9-11-13-15-33(48)54-25-58-63(51)57-22-30-36(27(20-53-30)46-18-17-31(41-3)45(4)39(46)50)62-64(52,59-26-55-34(49)16-14-12-10-8-6-2)56-21-29-28(61-63)19-32(60-29)47-24-44-35-37(40)42-23-43-38(35)47/h18,27-30,32,35-38,42-44H,3,5-17,19-26,40H2,1-2,4H3/q+2/t27-,28+,29-,30?,32-,35?,36+,37?,38?,63?,64?/m1/s1. The number of nitrogens with two attached hydrogens (primary N) is 1. The highest BCUT2D eigenvalue weighted by atomic mass is 31.2. The molecule has 11 atom stereocenters. The molecule has 0 bridgehead atoms. The Morgan fingerprint density at radius 3 is 2.14 bits per heavy atom. The number of hydrogen-bond donors (Lipinski definition) is 4. The van der Waals surface area contributed by atoms with Crippen molar-refractivity contribution in [2.75, 3.05) is 53.8 Å². The summed E-state index contributed by atoms with van der Waals surface area (Å²) in [7, 11) is -7.86. The molecule has 6 heterocycles. The summed E-state index contributed by atoms with van der Waals surface area (Å²) in [5.41, 5.74) is 6.34. The Balaban J connectivity index is 1.24. The maximum absolute atomic E-state index is 14.8. The number of hydrogen-bond acceptors (Lipinski definition) is 21. The number of carbonyl (C=O) groups is 3. The van der Waals surface area contributed by atoms with E-state index in [1.54, 1.807) is 6.21 Å². The lowest BCUT2D eigenvalue weighted by Gasteiger charge is -2.38. The van der Waals surface area contributed by atoms with Crippen molar-refractivity contribution in [3.63, 3.8) is 0 Å². The van der Waals surface area contributed by atoms with Gasteiger partial charge < -0.3 is 24.7 Å². The fourth-order valence-electron chi connectivity index (χ4n) is 8.40. The third-order valence-electron chi connectivity index (χ3n) is 12.1. The average Bonchev–Trinajstić information content (AvgIpc) is 4.00. The minimum absolute atomic E-state index is 0.100. The first-order valence-electron chi connectivity index (χ1n) is 22.5. The molecule has 23 nitrogen and oxygen atoms in total. The van der Waals surface area contributed by atoms with E-state index in [4.69, 9.17) is 51.8 Å². The number of rotatable bonds is 20. The van der Waals surface area contributed by atoms with Gasteiger partial charge in [0.15, 0.2) is 6.04 Å². The normalized spacial score (nSPS) is 34.8. The number of aliphatic imine (C=N–C) groups is 1. The molecule has 5 saturated heterocycles. The molecule has 2 amide bonds. The number of phosphoric acid groups is 2. The fraction of sp³-hybridized carbons (Fsp3) is 0.846. The van der Waals surface area contributed by atoms with Crippen molar-refractivity contribution in [3.8, 4) is 0 Å². The summed E-state index contributed by atoms with van der Waals surface area (Å²) in [6.07, 6.45) is 5.41. The molecule has 6 rings (SSSR count). The summed E-state index contributed by atoms with van der Waals surface area (Å²) >= 11 is 0. The molecule has 0 aromatic heterocycles. The van der Waals surface area contributed by atoms with Gasteiger partial charge in [-0.1, -0.05) is 65.2 Å². The first kappa shape index (κ1) is 51.0. The zero-order valence-electron chi connectivity index (χ0n) is 37.2. The molecule has 362 valence electrons. The van der Waals surface area contributed by atoms with Crippen LogP contribution in [0.1, 0.15) is 104 Å². The smallest absolute Gasteiger partial charge is 0.438 e. The molecule has 64 heavy (non-hydrogen) atoms. The van der Waals surface area contributed by atoms with E-state index in [9.17, 15) is 23.5 Å². The van der Waals surface area contributed by atoms with Gasteiger partial charge in [0.1, 0.15) is 57.0 Å². The highest BCUT2D eigenvalue weighted by molar-refractivity contribution is 7.48. The Morgan fingerprint density at radius 1 is 0.875 bits per heavy atom. The topological polar surface area (TPSA) is 261 Å². The molecule has 6 aliphatic heterocycles. The Morgan fingerprint density at radius 2 is 1.50 bits per heavy atom. The van der Waals surface area contributed by atoms with Crippen LogP contribution in [0.5, 0.6) is 0 Å². The molecule has 0 aliphatic carbocycles. The minimum Gasteiger partial charge on any atom is -0.438 e. The summed E-state index contributed by atoms with van der Waals surface area (Å²) in [4.78, 5) is 44.9. The number of esters is 2. The molecule has 25 heteroatoms. The van der Waals surface area contributed by atoms with Crippen LogP contribution in [0.3, 0.4) is 0 Å². The summed E-state index contributed by atoms with van der Waals surface area (Å²) < 4.78 is 91.1. The van der Waals surface area contributed by atoms with Gasteiger partial charge in [-0.05, 0) is 17.8 Å². The number of nitrogens with zero attached hydrogens (tertiary/aromatic N) is 4. The zero-order valence-corrected chi connectivity index (χ0v) is 39.0. The summed E-state index contributed by atoms with van der Waals surface area (Å²) in [6.45, 7) is 5.82. The molecule has 5 fully saturated rings. The van der Waals surface area contributed by atoms with E-state index in [2.05, 4.69) is 41.5 Å². The number of carbonyl (C=O) groups excluding carboxylic acids is 3. The zero-order chi connectivity index (χ0) is 45.7. The minimum atomic E-state index is -4.74. The summed E-state index contributed by atoms with van der Waals surface area (Å²) in [5.74, 6) is -0.696. The van der Waals surface area contributed by atoms with Crippen LogP contribution in [0.15, 0.2) is 4.99 Å². The molecular weight excluding hydrogens is 882 g/mol. The van der Waals surface area contributed by atoms with Gasteiger partial charge in [0, 0.05) is 25.9 Å². The number of phosphoric ester groups is 2. The molecule has 0 saturated carbocycles. The van der Waals surface area contributed by atoms with Crippen LogP contribution in [0, 0.1) is 0 Å². The predicted molar refractivity (Wildman–Crippen MR) is 228 cm³/mol. The first-order valence-corrected chi connectivity index (χ1v) is 25.5. The van der Waals surface area contributed by atoms with Crippen LogP contribution >= 0.6 is 15.6 Å². The van der Waals surface area contributed by atoms with Gasteiger partial charge in [0.2, 0.25) is 13.6 Å². The van der Waals surface area contributed by atoms with Crippen LogP contribution < -0.4 is 21.7 Å². The molecule has 5 N–H and O–H groups in total. The Bertz CT molecular complexity index is 1780. The lowest BCUT2D eigenvalue weighted by molar-refractivity contribution is -0.586. The van der Waals surface area contributed by atoms with Gasteiger partial charge in [0.05, 0.1) is 44.9 Å². The van der Waals surface area contributed by atoms with Crippen LogP contribution in [0.2, 0.25) is 0 Å². The van der Waals surface area contributed by atoms with Gasteiger partial charge in [-0.15, -0.1) is 4.58 Å². The van der Waals surface area contributed by atoms with Crippen molar-refractivity contribution >= 4 is 52.4 Å². The number of nitrogens with one attached hydrogen (secondary N) is 3. The molecule has 0 aromatic carbocycles. The lowest BCUT2D eigenvalue weighted by atomic mass is 10.1. The monoisotopic (exact) mass is 950 g/mol. The second-order valence-electron chi connectivity index (χ2n) is 16.5. The van der Waals surface area contributed by atoms with E-state index in [1.807, 2.05) is 4.90 Å². The second-order valence-corrected chi connectivity index (χ2v) is 19.8. The average molecular weight is 951 g/mol. The fourth-order valence-corrected chi connectivity index (χ4v) is 10.9. The number of fused-ring (bicyclic) bond motifs is 3. The summed E-state index contributed by atoms with van der Waals surface area (Å²) in [6, 6.07) is -1.65. The highest BCUT2D eigenvalue weighted by Gasteiger charge is 2.55. The number of unbranched alkanes of at least 4 members (excludes halogenated alkanes) is 8. The van der Waals surface area contributed by atoms with E-state index >= 15 is 0 Å². The number of ether oxygens (including phenoxy) is 4. The molecule has 0 radical (unpaired) electrons. The number of urea groups is 1.